The van der Waals surface area contributed by atoms with E-state index in [4.69, 9.17) is 9.47 Å². The molecule has 2 rings (SSSR count). The van der Waals surface area contributed by atoms with Gasteiger partial charge < -0.3 is 19.5 Å². The lowest BCUT2D eigenvalue weighted by atomic mass is 10.1. The molecule has 0 fully saturated rings. The highest BCUT2D eigenvalue weighted by molar-refractivity contribution is 9.10. The number of hydrogen-bond acceptors (Lipinski definition) is 5. The fourth-order valence-electron chi connectivity index (χ4n) is 2.24. The minimum absolute atomic E-state index is 0.258. The highest BCUT2D eigenvalue weighted by Gasteiger charge is 2.12. The molecule has 0 aliphatic carbocycles. The first-order chi connectivity index (χ1) is 12.9. The molecule has 0 spiro atoms. The van der Waals surface area contributed by atoms with Crippen LogP contribution in [0.3, 0.4) is 0 Å². The first kappa shape index (κ1) is 20.7. The highest BCUT2D eigenvalue weighted by Crippen LogP contribution is 2.28. The number of carbonyl (C=O) groups is 2. The van der Waals surface area contributed by atoms with E-state index >= 15 is 0 Å². The van der Waals surface area contributed by atoms with E-state index < -0.39 is 5.97 Å². The van der Waals surface area contributed by atoms with Gasteiger partial charge in [-0.2, -0.15) is 0 Å². The van der Waals surface area contributed by atoms with Crippen LogP contribution in [-0.4, -0.2) is 39.2 Å². The number of nitrogens with one attached hydrogen (secondary N) is 1. The van der Waals surface area contributed by atoms with Crippen LogP contribution in [0.1, 0.15) is 15.9 Å². The predicted octanol–water partition coefficient (Wildman–Crippen LogP) is 3.12. The smallest absolute Gasteiger partial charge is 0.343 e. The Kier molecular flexibility index (Phi) is 7.60. The average molecular weight is 440 g/mol. The number of methoxy groups -OCH3 is 2. The third kappa shape index (κ3) is 5.96. The van der Waals surface area contributed by atoms with Crippen molar-refractivity contribution in [2.75, 3.05) is 27.4 Å². The van der Waals surface area contributed by atoms with E-state index in [0.29, 0.717) is 34.5 Å². The summed E-state index contributed by atoms with van der Waals surface area (Å²) in [6, 6.07) is 9.36. The molecule has 0 aliphatic heterocycles. The molecule has 0 heterocycles. The molecule has 0 saturated heterocycles. The summed E-state index contributed by atoms with van der Waals surface area (Å²) in [4.78, 5) is 23.5. The van der Waals surface area contributed by atoms with Crippen molar-refractivity contribution in [1.29, 1.82) is 0 Å². The zero-order valence-corrected chi connectivity index (χ0v) is 16.5. The number of benzene rings is 2. The molecular weight excluding hydrogens is 421 g/mol. The van der Waals surface area contributed by atoms with Crippen molar-refractivity contribution in [2.24, 2.45) is 0 Å². The number of rotatable bonds is 8. The van der Waals surface area contributed by atoms with Crippen molar-refractivity contribution in [3.05, 3.63) is 57.8 Å². The van der Waals surface area contributed by atoms with Crippen molar-refractivity contribution in [2.45, 2.75) is 6.42 Å². The Morgan fingerprint density at radius 1 is 1.11 bits per heavy atom. The third-order valence-corrected chi connectivity index (χ3v) is 4.29. The molecule has 27 heavy (non-hydrogen) atoms. The van der Waals surface area contributed by atoms with Gasteiger partial charge in [-0.15, -0.1) is 0 Å². The summed E-state index contributed by atoms with van der Waals surface area (Å²) in [5.74, 6) is -0.477. The van der Waals surface area contributed by atoms with Crippen molar-refractivity contribution in [3.8, 4) is 11.5 Å². The minimum Gasteiger partial charge on any atom is -0.493 e. The van der Waals surface area contributed by atoms with Gasteiger partial charge in [-0.3, -0.25) is 4.79 Å². The van der Waals surface area contributed by atoms with Gasteiger partial charge in [0.2, 0.25) is 0 Å². The molecule has 6 nitrogen and oxygen atoms in total. The van der Waals surface area contributed by atoms with Crippen LogP contribution in [-0.2, 0) is 16.0 Å². The monoisotopic (exact) mass is 439 g/mol. The van der Waals surface area contributed by atoms with E-state index in [9.17, 15) is 14.0 Å². The normalized spacial score (nSPS) is 10.2. The largest absolute Gasteiger partial charge is 0.493 e. The summed E-state index contributed by atoms with van der Waals surface area (Å²) in [6.07, 6.45) is 0.558. The fraction of sp³-hybridized carbons (Fsp3) is 0.263. The van der Waals surface area contributed by atoms with Crippen molar-refractivity contribution >= 4 is 27.8 Å². The zero-order valence-electron chi connectivity index (χ0n) is 14.9. The van der Waals surface area contributed by atoms with Crippen LogP contribution in [0.25, 0.3) is 0 Å². The molecule has 8 heteroatoms. The molecule has 1 amide bonds. The first-order valence-electron chi connectivity index (χ1n) is 8.04. The summed E-state index contributed by atoms with van der Waals surface area (Å²) in [6.45, 7) is 0.130. The van der Waals surface area contributed by atoms with E-state index in [2.05, 4.69) is 26.0 Å². The first-order valence-corrected chi connectivity index (χ1v) is 8.83. The maximum atomic E-state index is 13.2. The molecule has 0 atom stereocenters. The second kappa shape index (κ2) is 9.91. The molecule has 0 radical (unpaired) electrons. The summed E-state index contributed by atoms with van der Waals surface area (Å²) >= 11 is 3.14. The molecule has 144 valence electrons. The van der Waals surface area contributed by atoms with Crippen LogP contribution in [0.5, 0.6) is 11.5 Å². The zero-order chi connectivity index (χ0) is 19.8. The van der Waals surface area contributed by atoms with E-state index in [0.717, 1.165) is 5.56 Å². The second-order valence-corrected chi connectivity index (χ2v) is 6.34. The number of hydrogen-bond donors (Lipinski definition) is 1. The fourth-order valence-corrected chi connectivity index (χ4v) is 2.67. The van der Waals surface area contributed by atoms with Crippen LogP contribution in [0.15, 0.2) is 40.9 Å². The Hall–Kier alpha value is -2.61. The van der Waals surface area contributed by atoms with Gasteiger partial charge in [-0.25, -0.2) is 9.18 Å². The van der Waals surface area contributed by atoms with Crippen molar-refractivity contribution < 1.29 is 28.2 Å². The lowest BCUT2D eigenvalue weighted by molar-refractivity contribution is -0.142. The quantitative estimate of drug-likeness (QED) is 0.639. The predicted molar refractivity (Wildman–Crippen MR) is 101 cm³/mol. The number of halogens is 2. The lowest BCUT2D eigenvalue weighted by Crippen LogP contribution is -2.25. The molecule has 1 N–H and O–H groups in total. The molecule has 2 aromatic rings. The van der Waals surface area contributed by atoms with E-state index in [1.807, 2.05) is 0 Å². The van der Waals surface area contributed by atoms with Gasteiger partial charge >= 0.3 is 5.97 Å². The van der Waals surface area contributed by atoms with Crippen LogP contribution in [0.4, 0.5) is 4.39 Å². The number of carbonyl (C=O) groups excluding carboxylic acids is 2. The maximum absolute atomic E-state index is 13.2. The van der Waals surface area contributed by atoms with Gasteiger partial charge in [0.15, 0.2) is 18.1 Å². The number of esters is 1. The van der Waals surface area contributed by atoms with Crippen LogP contribution in [0.2, 0.25) is 0 Å². The molecule has 0 saturated carbocycles. The second-order valence-electron chi connectivity index (χ2n) is 5.48. The average Bonchev–Trinajstić information content (AvgIpc) is 2.68. The maximum Gasteiger partial charge on any atom is 0.343 e. The highest BCUT2D eigenvalue weighted by atomic mass is 79.9. The standard InChI is InChI=1S/C19H19BrFNO5/c1-25-17-10-13(4-6-16(17)27-11-18(23)26-2)19(24)22-8-7-12-3-5-15(21)14(20)9-12/h3-6,9-10H,7-8,11H2,1-2H3,(H,22,24). The van der Waals surface area contributed by atoms with Crippen LogP contribution in [0, 0.1) is 5.82 Å². The Morgan fingerprint density at radius 2 is 1.89 bits per heavy atom. The van der Waals surface area contributed by atoms with Crippen molar-refractivity contribution in [3.63, 3.8) is 0 Å². The van der Waals surface area contributed by atoms with Gasteiger partial charge in [0, 0.05) is 12.1 Å². The summed E-state index contributed by atoms with van der Waals surface area (Å²) < 4.78 is 28.6. The van der Waals surface area contributed by atoms with Gasteiger partial charge in [0.25, 0.3) is 5.91 Å². The molecule has 0 unspecified atom stereocenters. The van der Waals surface area contributed by atoms with Gasteiger partial charge in [-0.05, 0) is 58.2 Å². The summed E-state index contributed by atoms with van der Waals surface area (Å²) in [5.41, 5.74) is 1.28. The third-order valence-electron chi connectivity index (χ3n) is 3.68. The van der Waals surface area contributed by atoms with Gasteiger partial charge in [-0.1, -0.05) is 6.07 Å². The van der Waals surface area contributed by atoms with Crippen molar-refractivity contribution in [1.82, 2.24) is 5.32 Å². The van der Waals surface area contributed by atoms with Crippen LogP contribution >= 0.6 is 15.9 Å². The molecular formula is C19H19BrFNO5. The summed E-state index contributed by atoms with van der Waals surface area (Å²) in [7, 11) is 2.70. The Labute approximate surface area is 164 Å². The lowest BCUT2D eigenvalue weighted by Gasteiger charge is -2.12. The van der Waals surface area contributed by atoms with Gasteiger partial charge in [0.1, 0.15) is 5.82 Å². The van der Waals surface area contributed by atoms with Crippen LogP contribution < -0.4 is 14.8 Å². The van der Waals surface area contributed by atoms with E-state index in [1.165, 1.54) is 26.4 Å². The number of ether oxygens (including phenoxy) is 3. The molecule has 0 aliphatic rings. The summed E-state index contributed by atoms with van der Waals surface area (Å²) in [5, 5.41) is 2.79. The Morgan fingerprint density at radius 3 is 2.56 bits per heavy atom. The minimum atomic E-state index is -0.522. The Bertz CT molecular complexity index is 828. The molecule has 0 bridgehead atoms. The Balaban J connectivity index is 1.95. The van der Waals surface area contributed by atoms with Gasteiger partial charge in [0.05, 0.1) is 18.7 Å². The van der Waals surface area contributed by atoms with E-state index in [-0.39, 0.29) is 18.3 Å². The molecule has 2 aromatic carbocycles. The molecule has 0 aromatic heterocycles. The topological polar surface area (TPSA) is 73.9 Å². The number of amides is 1. The van der Waals surface area contributed by atoms with E-state index in [1.54, 1.807) is 24.3 Å². The SMILES string of the molecule is COC(=O)COc1ccc(C(=O)NCCc2ccc(F)c(Br)c2)cc1OC.